The zero-order chi connectivity index (χ0) is 19.6. The average Bonchev–Trinajstić information content (AvgIpc) is 2.92. The van der Waals surface area contributed by atoms with Crippen LogP contribution < -0.4 is 4.74 Å². The summed E-state index contributed by atoms with van der Waals surface area (Å²) in [6.45, 7) is 6.17. The standard InChI is InChI=1S/C19H18Cl3N3OS/c1-10(2)18(26-15-5-14(22)8-23-9-15)17-11(3)24-25-19(17)27-16-6-12(20)4-13(21)7-16/h4-10,18H,1-3H3,(H,24,25). The predicted octanol–water partition coefficient (Wildman–Crippen LogP) is 7.00. The van der Waals surface area contributed by atoms with Crippen LogP contribution in [0.2, 0.25) is 15.1 Å². The third-order valence-electron chi connectivity index (χ3n) is 3.84. The van der Waals surface area contributed by atoms with Gasteiger partial charge in [0.05, 0.1) is 11.2 Å². The Hall–Kier alpha value is -1.40. The van der Waals surface area contributed by atoms with Crippen LogP contribution in [0.3, 0.4) is 0 Å². The summed E-state index contributed by atoms with van der Waals surface area (Å²) < 4.78 is 6.24. The van der Waals surface area contributed by atoms with Crippen LogP contribution >= 0.6 is 46.6 Å². The number of rotatable bonds is 6. The topological polar surface area (TPSA) is 50.8 Å². The first kappa shape index (κ1) is 20.3. The second-order valence-electron chi connectivity index (χ2n) is 6.40. The molecule has 1 N–H and O–H groups in total. The Balaban J connectivity index is 1.94. The minimum absolute atomic E-state index is 0.197. The van der Waals surface area contributed by atoms with Gasteiger partial charge in [-0.15, -0.1) is 0 Å². The summed E-state index contributed by atoms with van der Waals surface area (Å²) in [5, 5.41) is 10.0. The molecule has 3 aromatic rings. The highest BCUT2D eigenvalue weighted by atomic mass is 35.5. The number of ether oxygens (including phenoxy) is 1. The van der Waals surface area contributed by atoms with Crippen molar-refractivity contribution in [3.63, 3.8) is 0 Å². The largest absolute Gasteiger partial charge is 0.484 e. The van der Waals surface area contributed by atoms with Crippen LogP contribution in [0.1, 0.15) is 31.2 Å². The lowest BCUT2D eigenvalue weighted by molar-refractivity contribution is 0.150. The van der Waals surface area contributed by atoms with Crippen LogP contribution in [-0.2, 0) is 0 Å². The van der Waals surface area contributed by atoms with Gasteiger partial charge in [0.1, 0.15) is 16.9 Å². The highest BCUT2D eigenvalue weighted by Crippen LogP contribution is 2.39. The van der Waals surface area contributed by atoms with Crippen molar-refractivity contribution in [1.82, 2.24) is 15.2 Å². The zero-order valence-electron chi connectivity index (χ0n) is 15.0. The maximum atomic E-state index is 6.24. The Morgan fingerprint density at radius 1 is 1.00 bits per heavy atom. The van der Waals surface area contributed by atoms with Crippen LogP contribution in [0, 0.1) is 12.8 Å². The SMILES string of the molecule is Cc1[nH]nc(Sc2cc(Cl)cc(Cl)c2)c1C(Oc1cncc(Cl)c1)C(C)C. The second kappa shape index (κ2) is 8.74. The van der Waals surface area contributed by atoms with Crippen LogP contribution in [0.5, 0.6) is 5.75 Å². The predicted molar refractivity (Wildman–Crippen MR) is 111 cm³/mol. The van der Waals surface area contributed by atoms with Crippen molar-refractivity contribution in [2.45, 2.75) is 36.8 Å². The molecule has 0 fully saturated rings. The second-order valence-corrected chi connectivity index (χ2v) is 8.77. The Kier molecular flexibility index (Phi) is 6.58. The number of aromatic amines is 1. The Bertz CT molecular complexity index is 925. The number of aryl methyl sites for hydroxylation is 1. The van der Waals surface area contributed by atoms with Gasteiger partial charge in [0, 0.05) is 38.5 Å². The summed E-state index contributed by atoms with van der Waals surface area (Å²) >= 11 is 19.8. The molecule has 0 spiro atoms. The van der Waals surface area contributed by atoms with E-state index in [2.05, 4.69) is 29.0 Å². The number of nitrogens with one attached hydrogen (secondary N) is 1. The lowest BCUT2D eigenvalue weighted by Gasteiger charge is -2.23. The molecule has 1 unspecified atom stereocenters. The van der Waals surface area contributed by atoms with E-state index in [9.17, 15) is 0 Å². The van der Waals surface area contributed by atoms with E-state index in [1.807, 2.05) is 19.1 Å². The number of halogens is 3. The molecular formula is C19H18Cl3N3OS. The van der Waals surface area contributed by atoms with E-state index in [4.69, 9.17) is 39.5 Å². The van der Waals surface area contributed by atoms with Crippen molar-refractivity contribution < 1.29 is 4.74 Å². The Labute approximate surface area is 177 Å². The zero-order valence-corrected chi connectivity index (χ0v) is 18.0. The fraction of sp³-hybridized carbons (Fsp3) is 0.263. The van der Waals surface area contributed by atoms with Gasteiger partial charge in [-0.3, -0.25) is 10.1 Å². The number of hydrogen-bond donors (Lipinski definition) is 1. The van der Waals surface area contributed by atoms with Crippen molar-refractivity contribution in [1.29, 1.82) is 0 Å². The Morgan fingerprint density at radius 3 is 2.33 bits per heavy atom. The van der Waals surface area contributed by atoms with Gasteiger partial charge in [-0.1, -0.05) is 60.4 Å². The summed E-state index contributed by atoms with van der Waals surface area (Å²) in [4.78, 5) is 5.00. The molecule has 27 heavy (non-hydrogen) atoms. The molecule has 0 saturated carbocycles. The number of hydrogen-bond acceptors (Lipinski definition) is 4. The number of benzene rings is 1. The number of pyridine rings is 1. The van der Waals surface area contributed by atoms with Gasteiger partial charge in [0.15, 0.2) is 0 Å². The van der Waals surface area contributed by atoms with Crippen LogP contribution in [0.25, 0.3) is 0 Å². The van der Waals surface area contributed by atoms with Crippen molar-refractivity contribution in [3.05, 3.63) is 63.0 Å². The molecule has 0 bridgehead atoms. The maximum Gasteiger partial charge on any atom is 0.140 e. The van der Waals surface area contributed by atoms with E-state index in [1.165, 1.54) is 11.8 Å². The molecule has 0 amide bonds. The first-order valence-electron chi connectivity index (χ1n) is 8.29. The molecule has 3 rings (SSSR count). The summed E-state index contributed by atoms with van der Waals surface area (Å²) in [5.41, 5.74) is 1.94. The van der Waals surface area contributed by atoms with Gasteiger partial charge in [-0.05, 0) is 31.0 Å². The first-order chi connectivity index (χ1) is 12.8. The van der Waals surface area contributed by atoms with Crippen molar-refractivity contribution >= 4 is 46.6 Å². The van der Waals surface area contributed by atoms with E-state index in [-0.39, 0.29) is 12.0 Å². The monoisotopic (exact) mass is 441 g/mol. The van der Waals surface area contributed by atoms with Crippen molar-refractivity contribution in [2.24, 2.45) is 5.92 Å². The minimum atomic E-state index is -0.221. The highest BCUT2D eigenvalue weighted by Gasteiger charge is 2.26. The van der Waals surface area contributed by atoms with E-state index >= 15 is 0 Å². The molecule has 0 radical (unpaired) electrons. The van der Waals surface area contributed by atoms with Crippen molar-refractivity contribution in [3.8, 4) is 5.75 Å². The molecule has 0 aliphatic carbocycles. The third-order valence-corrected chi connectivity index (χ3v) is 5.46. The van der Waals surface area contributed by atoms with E-state index in [0.29, 0.717) is 20.8 Å². The summed E-state index contributed by atoms with van der Waals surface area (Å²) in [5.74, 6) is 0.811. The van der Waals surface area contributed by atoms with Crippen molar-refractivity contribution in [2.75, 3.05) is 0 Å². The maximum absolute atomic E-state index is 6.24. The van der Waals surface area contributed by atoms with Gasteiger partial charge in [0.2, 0.25) is 0 Å². The average molecular weight is 443 g/mol. The number of H-pyrrole nitrogens is 1. The van der Waals surface area contributed by atoms with Gasteiger partial charge in [0.25, 0.3) is 0 Å². The molecule has 1 atom stereocenters. The molecule has 1 aromatic carbocycles. The van der Waals surface area contributed by atoms with Crippen LogP contribution in [-0.4, -0.2) is 15.2 Å². The molecule has 0 aliphatic rings. The highest BCUT2D eigenvalue weighted by molar-refractivity contribution is 7.99. The van der Waals surface area contributed by atoms with Crippen LogP contribution in [0.15, 0.2) is 46.6 Å². The Morgan fingerprint density at radius 2 is 1.70 bits per heavy atom. The molecule has 2 aromatic heterocycles. The molecule has 142 valence electrons. The van der Waals surface area contributed by atoms with Gasteiger partial charge in [-0.25, -0.2) is 0 Å². The summed E-state index contributed by atoms with van der Waals surface area (Å²) in [6.07, 6.45) is 3.01. The van der Waals surface area contributed by atoms with Crippen LogP contribution in [0.4, 0.5) is 0 Å². The minimum Gasteiger partial charge on any atom is -0.484 e. The lowest BCUT2D eigenvalue weighted by atomic mass is 9.99. The fourth-order valence-electron chi connectivity index (χ4n) is 2.66. The molecule has 4 nitrogen and oxygen atoms in total. The van der Waals surface area contributed by atoms with E-state index < -0.39 is 0 Å². The fourth-order valence-corrected chi connectivity index (χ4v) is 4.54. The van der Waals surface area contributed by atoms with Gasteiger partial charge in [-0.2, -0.15) is 5.10 Å². The smallest absolute Gasteiger partial charge is 0.140 e. The van der Waals surface area contributed by atoms with E-state index in [1.54, 1.807) is 24.5 Å². The molecule has 0 aliphatic heterocycles. The molecule has 2 heterocycles. The molecular weight excluding hydrogens is 425 g/mol. The van der Waals surface area contributed by atoms with E-state index in [0.717, 1.165) is 21.2 Å². The lowest BCUT2D eigenvalue weighted by Crippen LogP contribution is -2.15. The summed E-state index contributed by atoms with van der Waals surface area (Å²) in [6, 6.07) is 7.18. The molecule has 8 heteroatoms. The van der Waals surface area contributed by atoms with Gasteiger partial charge < -0.3 is 4.74 Å². The van der Waals surface area contributed by atoms with Gasteiger partial charge >= 0.3 is 0 Å². The number of aromatic nitrogens is 3. The normalized spacial score (nSPS) is 12.4. The first-order valence-corrected chi connectivity index (χ1v) is 10.2. The quantitative estimate of drug-likeness (QED) is 0.446. The number of nitrogens with zero attached hydrogens (tertiary/aromatic N) is 2. The summed E-state index contributed by atoms with van der Waals surface area (Å²) in [7, 11) is 0. The molecule has 0 saturated heterocycles. The third kappa shape index (κ3) is 5.11.